The minimum atomic E-state index is 0.355. The van der Waals surface area contributed by atoms with Gasteiger partial charge in [0.1, 0.15) is 0 Å². The van der Waals surface area contributed by atoms with Crippen LogP contribution < -0.4 is 0 Å². The van der Waals surface area contributed by atoms with Crippen LogP contribution in [0.3, 0.4) is 0 Å². The van der Waals surface area contributed by atoms with E-state index in [0.29, 0.717) is 6.04 Å². The Kier molecular flexibility index (Phi) is 3.03. The van der Waals surface area contributed by atoms with Crippen LogP contribution in [0.4, 0.5) is 0 Å². The van der Waals surface area contributed by atoms with Crippen molar-refractivity contribution in [3.05, 3.63) is 65.7 Å². The highest BCUT2D eigenvalue weighted by molar-refractivity contribution is 7.17. The number of hydrogen-bond donors (Lipinski definition) is 0. The van der Waals surface area contributed by atoms with Crippen LogP contribution in [0.2, 0.25) is 0 Å². The van der Waals surface area contributed by atoms with Crippen molar-refractivity contribution in [2.45, 2.75) is 6.04 Å². The molecule has 1 aromatic carbocycles. The van der Waals surface area contributed by atoms with Crippen molar-refractivity contribution in [2.75, 3.05) is 7.05 Å². The van der Waals surface area contributed by atoms with Crippen molar-refractivity contribution in [2.24, 2.45) is 0 Å². The van der Waals surface area contributed by atoms with Gasteiger partial charge in [0.25, 0.3) is 0 Å². The van der Waals surface area contributed by atoms with Gasteiger partial charge in [-0.15, -0.1) is 11.3 Å². The molecule has 1 aliphatic rings. The molecule has 0 saturated carbocycles. The van der Waals surface area contributed by atoms with Gasteiger partial charge in [-0.1, -0.05) is 42.5 Å². The van der Waals surface area contributed by atoms with Crippen molar-refractivity contribution < 1.29 is 0 Å². The first-order valence-corrected chi connectivity index (χ1v) is 6.94. The van der Waals surface area contributed by atoms with Gasteiger partial charge in [-0.3, -0.25) is 0 Å². The van der Waals surface area contributed by atoms with E-state index in [1.54, 1.807) is 11.3 Å². The molecule has 90 valence electrons. The number of hydrogen-bond acceptors (Lipinski definition) is 2. The molecule has 2 heterocycles. The molecule has 1 aliphatic heterocycles. The standard InChI is InChI=1S/C16H15NS/c1-17-11-5-4-6-14(17)10-9-13-12-18-16-8-3-2-7-15(13)16/h2-12,14H,1H3/b10-9+. The van der Waals surface area contributed by atoms with Gasteiger partial charge in [-0.05, 0) is 34.7 Å². The van der Waals surface area contributed by atoms with Crippen LogP contribution in [0.15, 0.2) is 60.1 Å². The number of fused-ring (bicyclic) bond motifs is 1. The molecular weight excluding hydrogens is 238 g/mol. The zero-order valence-corrected chi connectivity index (χ0v) is 11.1. The van der Waals surface area contributed by atoms with Crippen molar-refractivity contribution in [1.29, 1.82) is 0 Å². The first kappa shape index (κ1) is 11.3. The Morgan fingerprint density at radius 3 is 3.00 bits per heavy atom. The Morgan fingerprint density at radius 2 is 2.11 bits per heavy atom. The Hall–Kier alpha value is -1.80. The number of allylic oxidation sites excluding steroid dienone is 2. The third kappa shape index (κ3) is 2.12. The summed E-state index contributed by atoms with van der Waals surface area (Å²) >= 11 is 1.80. The fourth-order valence-corrected chi connectivity index (χ4v) is 3.06. The molecule has 2 heteroatoms. The third-order valence-corrected chi connectivity index (χ3v) is 4.18. The van der Waals surface area contributed by atoms with Crippen molar-refractivity contribution >= 4 is 27.5 Å². The number of likely N-dealkylation sites (N-methyl/N-ethyl adjacent to an activating group) is 1. The highest BCUT2D eigenvalue weighted by Crippen LogP contribution is 2.26. The number of benzene rings is 1. The molecule has 0 spiro atoms. The Labute approximate surface area is 111 Å². The zero-order chi connectivity index (χ0) is 12.4. The average Bonchev–Trinajstić information content (AvgIpc) is 2.81. The second-order valence-corrected chi connectivity index (χ2v) is 5.34. The molecule has 18 heavy (non-hydrogen) atoms. The highest BCUT2D eigenvalue weighted by Gasteiger charge is 2.06. The largest absolute Gasteiger partial charge is 0.371 e. The van der Waals surface area contributed by atoms with E-state index < -0.39 is 0 Å². The molecule has 1 aromatic heterocycles. The van der Waals surface area contributed by atoms with E-state index in [-0.39, 0.29) is 0 Å². The molecule has 0 amide bonds. The summed E-state index contributed by atoms with van der Waals surface area (Å²) in [4.78, 5) is 2.20. The SMILES string of the molecule is CN1C=CC=CC1/C=C/c1csc2ccccc12. The number of nitrogens with zero attached hydrogens (tertiary/aromatic N) is 1. The smallest absolute Gasteiger partial charge is 0.0654 e. The first-order valence-electron chi connectivity index (χ1n) is 6.06. The minimum Gasteiger partial charge on any atom is -0.371 e. The lowest BCUT2D eigenvalue weighted by molar-refractivity contribution is 0.434. The van der Waals surface area contributed by atoms with Crippen LogP contribution in [-0.2, 0) is 0 Å². The topological polar surface area (TPSA) is 3.24 Å². The van der Waals surface area contributed by atoms with E-state index in [0.717, 1.165) is 0 Å². The summed E-state index contributed by atoms with van der Waals surface area (Å²) in [5, 5.41) is 3.57. The first-order chi connectivity index (χ1) is 8.84. The second-order valence-electron chi connectivity index (χ2n) is 4.43. The normalized spacial score (nSPS) is 19.2. The van der Waals surface area contributed by atoms with Gasteiger partial charge in [-0.25, -0.2) is 0 Å². The lowest BCUT2D eigenvalue weighted by atomic mass is 10.1. The maximum Gasteiger partial charge on any atom is 0.0654 e. The quantitative estimate of drug-likeness (QED) is 0.771. The van der Waals surface area contributed by atoms with E-state index >= 15 is 0 Å². The van der Waals surface area contributed by atoms with Gasteiger partial charge < -0.3 is 4.90 Å². The molecule has 0 saturated heterocycles. The molecule has 0 aliphatic carbocycles. The fourth-order valence-electron chi connectivity index (χ4n) is 2.13. The molecule has 1 unspecified atom stereocenters. The van der Waals surface area contributed by atoms with E-state index in [2.05, 4.69) is 78.2 Å². The van der Waals surface area contributed by atoms with Gasteiger partial charge >= 0.3 is 0 Å². The zero-order valence-electron chi connectivity index (χ0n) is 10.3. The van der Waals surface area contributed by atoms with Crippen molar-refractivity contribution in [3.8, 4) is 0 Å². The number of rotatable bonds is 2. The Balaban J connectivity index is 1.88. The summed E-state index contributed by atoms with van der Waals surface area (Å²) in [6.45, 7) is 0. The van der Waals surface area contributed by atoms with Gasteiger partial charge in [-0.2, -0.15) is 0 Å². The molecular formula is C16H15NS. The Morgan fingerprint density at radius 1 is 1.22 bits per heavy atom. The predicted molar refractivity (Wildman–Crippen MR) is 80.7 cm³/mol. The summed E-state index contributed by atoms with van der Waals surface area (Å²) in [5.74, 6) is 0. The predicted octanol–water partition coefficient (Wildman–Crippen LogP) is 4.30. The van der Waals surface area contributed by atoms with Crippen LogP contribution in [0.25, 0.3) is 16.2 Å². The van der Waals surface area contributed by atoms with Crippen LogP contribution in [0.1, 0.15) is 5.56 Å². The van der Waals surface area contributed by atoms with Crippen molar-refractivity contribution in [1.82, 2.24) is 4.90 Å². The molecule has 0 N–H and O–H groups in total. The summed E-state index contributed by atoms with van der Waals surface area (Å²) in [6, 6.07) is 8.91. The van der Waals surface area contributed by atoms with Crippen molar-refractivity contribution in [3.63, 3.8) is 0 Å². The fraction of sp³-hybridized carbons (Fsp3) is 0.125. The molecule has 0 radical (unpaired) electrons. The summed E-state index contributed by atoms with van der Waals surface area (Å²) in [7, 11) is 2.10. The van der Waals surface area contributed by atoms with Gasteiger partial charge in [0.2, 0.25) is 0 Å². The second kappa shape index (κ2) is 4.83. The maximum atomic E-state index is 2.24. The molecule has 0 fully saturated rings. The lowest BCUT2D eigenvalue weighted by Gasteiger charge is -2.23. The molecule has 3 rings (SSSR count). The Bertz CT molecular complexity index is 633. The van der Waals surface area contributed by atoms with Crippen LogP contribution >= 0.6 is 11.3 Å². The minimum absolute atomic E-state index is 0.355. The summed E-state index contributed by atoms with van der Waals surface area (Å²) in [5.41, 5.74) is 1.31. The molecule has 1 atom stereocenters. The van der Waals surface area contributed by atoms with E-state index in [9.17, 15) is 0 Å². The van der Waals surface area contributed by atoms with Gasteiger partial charge in [0.05, 0.1) is 6.04 Å². The monoisotopic (exact) mass is 253 g/mol. The van der Waals surface area contributed by atoms with E-state index in [4.69, 9.17) is 0 Å². The van der Waals surface area contributed by atoms with Gasteiger partial charge in [0, 0.05) is 11.7 Å². The van der Waals surface area contributed by atoms with Crippen LogP contribution in [0, 0.1) is 0 Å². The summed E-state index contributed by atoms with van der Waals surface area (Å²) in [6.07, 6.45) is 12.9. The van der Waals surface area contributed by atoms with E-state index in [1.807, 2.05) is 0 Å². The van der Waals surface area contributed by atoms with Crippen LogP contribution in [0.5, 0.6) is 0 Å². The van der Waals surface area contributed by atoms with E-state index in [1.165, 1.54) is 15.6 Å². The van der Waals surface area contributed by atoms with Gasteiger partial charge in [0.15, 0.2) is 0 Å². The molecule has 2 aromatic rings. The average molecular weight is 253 g/mol. The molecule has 0 bridgehead atoms. The maximum absolute atomic E-state index is 2.24. The highest BCUT2D eigenvalue weighted by atomic mass is 32.1. The summed E-state index contributed by atoms with van der Waals surface area (Å²) < 4.78 is 1.35. The number of thiophene rings is 1. The van der Waals surface area contributed by atoms with Crippen LogP contribution in [-0.4, -0.2) is 18.0 Å². The molecule has 1 nitrogen and oxygen atoms in total. The lowest BCUT2D eigenvalue weighted by Crippen LogP contribution is -2.24. The third-order valence-electron chi connectivity index (χ3n) is 3.19.